The van der Waals surface area contributed by atoms with Crippen molar-refractivity contribution in [3.63, 3.8) is 0 Å². The first-order valence-corrected chi connectivity index (χ1v) is 7.13. The summed E-state index contributed by atoms with van der Waals surface area (Å²) in [7, 11) is 0. The molecule has 6 atom stereocenters. The normalized spacial score (nSPS) is 19.6. The van der Waals surface area contributed by atoms with Crippen molar-refractivity contribution in [3.05, 3.63) is 0 Å². The Morgan fingerprint density at radius 1 is 1.14 bits per heavy atom. The van der Waals surface area contributed by atoms with Crippen molar-refractivity contribution in [2.24, 2.45) is 0 Å². The van der Waals surface area contributed by atoms with E-state index in [1.54, 1.807) is 0 Å². The Morgan fingerprint density at radius 3 is 1.91 bits per heavy atom. The van der Waals surface area contributed by atoms with Crippen molar-refractivity contribution < 1.29 is 40.5 Å². The second kappa shape index (κ2) is 9.57. The number of thiol groups is 1. The van der Waals surface area contributed by atoms with Gasteiger partial charge in [0.2, 0.25) is 0 Å². The number of aliphatic hydroxyl groups is 6. The van der Waals surface area contributed by atoms with Crippen LogP contribution >= 0.6 is 24.8 Å². The van der Waals surface area contributed by atoms with Gasteiger partial charge in [-0.25, -0.2) is 4.79 Å². The molecule has 0 heterocycles. The molecule has 0 aliphatic rings. The van der Waals surface area contributed by atoms with Crippen LogP contribution in [0.4, 0.5) is 0 Å². The first-order chi connectivity index (χ1) is 10.0. The molecule has 0 aliphatic carbocycles. The lowest BCUT2D eigenvalue weighted by Gasteiger charge is -2.35. The molecule has 0 saturated heterocycles. The third-order valence-electron chi connectivity index (χ3n) is 3.00. The Balaban J connectivity index is 5.10. The summed E-state index contributed by atoms with van der Waals surface area (Å²) in [6.07, 6.45) is -8.50. The molecular formula is C11H21NO8S2. The van der Waals surface area contributed by atoms with E-state index in [0.717, 1.165) is 4.90 Å². The molecule has 0 fully saturated rings. The van der Waals surface area contributed by atoms with E-state index in [0.29, 0.717) is 0 Å². The van der Waals surface area contributed by atoms with Crippen molar-refractivity contribution in [2.45, 2.75) is 43.5 Å². The number of carboxylic acid groups (broad SMARTS) is 1. The van der Waals surface area contributed by atoms with E-state index in [9.17, 15) is 30.3 Å². The summed E-state index contributed by atoms with van der Waals surface area (Å²) < 4.78 is -0.253. The molecule has 9 nitrogen and oxygen atoms in total. The van der Waals surface area contributed by atoms with Crippen molar-refractivity contribution in [1.29, 1.82) is 0 Å². The summed E-state index contributed by atoms with van der Waals surface area (Å²) in [5.41, 5.74) is 0. The topological polar surface area (TPSA) is 162 Å². The van der Waals surface area contributed by atoms with Crippen LogP contribution < -0.4 is 0 Å². The SMILES string of the molecule is C[C@@H](O)[C@@H](C(=O)O)N(CC(O)C(O)C(O)C(O)CO)C(=S)S. The summed E-state index contributed by atoms with van der Waals surface area (Å²) in [6.45, 7) is -0.212. The van der Waals surface area contributed by atoms with Crippen molar-refractivity contribution in [1.82, 2.24) is 4.90 Å². The van der Waals surface area contributed by atoms with Crippen molar-refractivity contribution >= 4 is 35.1 Å². The fourth-order valence-electron chi connectivity index (χ4n) is 1.78. The van der Waals surface area contributed by atoms with Crippen molar-refractivity contribution in [2.75, 3.05) is 13.2 Å². The van der Waals surface area contributed by atoms with Crippen LogP contribution in [0.25, 0.3) is 0 Å². The molecule has 130 valence electrons. The molecular weight excluding hydrogens is 338 g/mol. The van der Waals surface area contributed by atoms with Gasteiger partial charge in [-0.1, -0.05) is 12.2 Å². The molecule has 4 unspecified atom stereocenters. The molecule has 0 bridgehead atoms. The zero-order valence-corrected chi connectivity index (χ0v) is 13.4. The van der Waals surface area contributed by atoms with E-state index in [1.165, 1.54) is 6.92 Å². The Bertz CT molecular complexity index is 383. The first-order valence-electron chi connectivity index (χ1n) is 6.28. The predicted octanol–water partition coefficient (Wildman–Crippen LogP) is -3.23. The summed E-state index contributed by atoms with van der Waals surface area (Å²) in [6, 6.07) is -1.52. The van der Waals surface area contributed by atoms with Gasteiger partial charge in [0.15, 0.2) is 6.04 Å². The van der Waals surface area contributed by atoms with Gasteiger partial charge in [0.1, 0.15) is 28.7 Å². The van der Waals surface area contributed by atoms with Crippen LogP contribution in [0, 0.1) is 0 Å². The highest BCUT2D eigenvalue weighted by Crippen LogP contribution is 2.14. The molecule has 0 aromatic carbocycles. The average molecular weight is 359 g/mol. The van der Waals surface area contributed by atoms with Gasteiger partial charge in [-0.2, -0.15) is 0 Å². The smallest absolute Gasteiger partial charge is 0.329 e. The lowest BCUT2D eigenvalue weighted by Crippen LogP contribution is -2.55. The highest BCUT2D eigenvalue weighted by molar-refractivity contribution is 8.10. The van der Waals surface area contributed by atoms with Gasteiger partial charge in [-0.05, 0) is 6.92 Å². The standard InChI is InChI=1S/C11H21NO8S2/c1-4(14)7(10(19)20)12(11(21)22)2-5(15)8(17)9(18)6(16)3-13/h4-9,13-18H,2-3H2,1H3,(H,19,20)(H,21,22)/t4-,5?,6?,7+,8?,9?/m1/s1. The summed E-state index contributed by atoms with van der Waals surface area (Å²) in [4.78, 5) is 12.0. The number of aliphatic hydroxyl groups excluding tert-OH is 6. The maximum absolute atomic E-state index is 11.2. The molecule has 0 aliphatic heterocycles. The second-order valence-corrected chi connectivity index (χ2v) is 5.87. The van der Waals surface area contributed by atoms with E-state index in [4.69, 9.17) is 22.4 Å². The fraction of sp³-hybridized carbons (Fsp3) is 0.818. The first kappa shape index (κ1) is 21.5. The summed E-state index contributed by atoms with van der Waals surface area (Å²) in [5, 5.41) is 65.6. The molecule has 0 rings (SSSR count). The predicted molar refractivity (Wildman–Crippen MR) is 82.5 cm³/mol. The monoisotopic (exact) mass is 359 g/mol. The number of rotatable bonds is 9. The van der Waals surface area contributed by atoms with Crippen molar-refractivity contribution in [3.8, 4) is 0 Å². The number of carbonyl (C=O) groups is 1. The minimum Gasteiger partial charge on any atom is -0.480 e. The Kier molecular flexibility index (Phi) is 9.34. The molecule has 0 amide bonds. The summed E-state index contributed by atoms with van der Waals surface area (Å²) in [5.74, 6) is -1.43. The number of nitrogens with zero attached hydrogens (tertiary/aromatic N) is 1. The largest absolute Gasteiger partial charge is 0.480 e. The van der Waals surface area contributed by atoms with E-state index in [1.807, 2.05) is 0 Å². The molecule has 0 aromatic heterocycles. The molecule has 0 radical (unpaired) electrons. The number of carboxylic acids is 1. The van der Waals surface area contributed by atoms with Gasteiger partial charge in [0, 0.05) is 6.54 Å². The molecule has 7 N–H and O–H groups in total. The van der Waals surface area contributed by atoms with Crippen LogP contribution in [0.5, 0.6) is 0 Å². The summed E-state index contributed by atoms with van der Waals surface area (Å²) >= 11 is 8.56. The Labute approximate surface area is 137 Å². The molecule has 0 aromatic rings. The van der Waals surface area contributed by atoms with E-state index in [2.05, 4.69) is 12.6 Å². The average Bonchev–Trinajstić information content (AvgIpc) is 2.42. The van der Waals surface area contributed by atoms with Gasteiger partial charge in [-0.3, -0.25) is 0 Å². The van der Waals surface area contributed by atoms with Gasteiger partial charge >= 0.3 is 5.97 Å². The minimum absolute atomic E-state index is 0.253. The third-order valence-corrected chi connectivity index (χ3v) is 3.49. The number of hydrogen-bond donors (Lipinski definition) is 8. The number of hydrogen-bond acceptors (Lipinski definition) is 8. The Morgan fingerprint density at radius 2 is 1.59 bits per heavy atom. The van der Waals surface area contributed by atoms with Crippen LogP contribution in [0.15, 0.2) is 0 Å². The fourth-order valence-corrected chi connectivity index (χ4v) is 2.18. The number of thiocarbonyl (C=S) groups is 1. The van der Waals surface area contributed by atoms with Crippen LogP contribution in [0.3, 0.4) is 0 Å². The maximum Gasteiger partial charge on any atom is 0.329 e. The van der Waals surface area contributed by atoms with E-state index in [-0.39, 0.29) is 4.32 Å². The molecule has 11 heteroatoms. The molecule has 0 spiro atoms. The van der Waals surface area contributed by atoms with E-state index < -0.39 is 55.7 Å². The van der Waals surface area contributed by atoms with E-state index >= 15 is 0 Å². The van der Waals surface area contributed by atoms with Crippen LogP contribution in [-0.2, 0) is 4.79 Å². The molecule has 22 heavy (non-hydrogen) atoms. The van der Waals surface area contributed by atoms with Gasteiger partial charge < -0.3 is 40.6 Å². The van der Waals surface area contributed by atoms with Gasteiger partial charge in [0.25, 0.3) is 0 Å². The molecule has 0 saturated carbocycles. The zero-order valence-electron chi connectivity index (χ0n) is 11.7. The third kappa shape index (κ3) is 5.93. The minimum atomic E-state index is -1.88. The lowest BCUT2D eigenvalue weighted by molar-refractivity contribution is -0.147. The van der Waals surface area contributed by atoms with Crippen LogP contribution in [0.2, 0.25) is 0 Å². The number of aliphatic carboxylic acids is 1. The Hall–Kier alpha value is -0.530. The maximum atomic E-state index is 11.2. The second-order valence-electron chi connectivity index (χ2n) is 4.76. The van der Waals surface area contributed by atoms with Crippen LogP contribution in [-0.4, -0.2) is 101 Å². The zero-order chi connectivity index (χ0) is 17.6. The lowest BCUT2D eigenvalue weighted by atomic mass is 10.0. The quantitative estimate of drug-likeness (QED) is 0.155. The highest BCUT2D eigenvalue weighted by atomic mass is 32.1. The van der Waals surface area contributed by atoms with Gasteiger partial charge in [0.05, 0.1) is 12.7 Å². The van der Waals surface area contributed by atoms with Crippen LogP contribution in [0.1, 0.15) is 6.92 Å². The highest BCUT2D eigenvalue weighted by Gasteiger charge is 2.36. The van der Waals surface area contributed by atoms with Gasteiger partial charge in [-0.15, -0.1) is 12.6 Å².